The van der Waals surface area contributed by atoms with Crippen molar-refractivity contribution in [3.63, 3.8) is 0 Å². The quantitative estimate of drug-likeness (QED) is 0.755. The normalized spacial score (nSPS) is 26.1. The molecule has 5 heteroatoms. The largest absolute Gasteiger partial charge is 0.379 e. The number of hydrogen-bond donors (Lipinski definition) is 1. The van der Waals surface area contributed by atoms with Crippen molar-refractivity contribution in [3.8, 4) is 0 Å². The van der Waals surface area contributed by atoms with Crippen molar-refractivity contribution in [2.24, 2.45) is 0 Å². The maximum atomic E-state index is 5.32. The number of hydrogen-bond acceptors (Lipinski definition) is 4. The van der Waals surface area contributed by atoms with Crippen molar-refractivity contribution < 1.29 is 4.74 Å². The van der Waals surface area contributed by atoms with Gasteiger partial charge in [0.25, 0.3) is 0 Å². The Hall–Kier alpha value is -0.940. The average Bonchev–Trinajstić information content (AvgIpc) is 2.53. The topological polar surface area (TPSA) is 52.0 Å². The minimum atomic E-state index is 0.319. The lowest BCUT2D eigenvalue weighted by atomic mass is 9.89. The summed E-state index contributed by atoms with van der Waals surface area (Å²) in [6.07, 6.45) is 4.58. The minimum absolute atomic E-state index is 0.319. The van der Waals surface area contributed by atoms with E-state index in [1.54, 1.807) is 7.11 Å². The SMILES string of the molecule is CNCc1cn(C2CCC2OC)nn1. The van der Waals surface area contributed by atoms with Crippen molar-refractivity contribution >= 4 is 0 Å². The van der Waals surface area contributed by atoms with Gasteiger partial charge in [-0.05, 0) is 19.9 Å². The monoisotopic (exact) mass is 196 g/mol. The van der Waals surface area contributed by atoms with Crippen LogP contribution >= 0.6 is 0 Å². The first kappa shape index (κ1) is 9.61. The van der Waals surface area contributed by atoms with Gasteiger partial charge in [-0.15, -0.1) is 5.10 Å². The molecule has 1 aromatic rings. The van der Waals surface area contributed by atoms with E-state index < -0.39 is 0 Å². The zero-order valence-corrected chi connectivity index (χ0v) is 8.60. The van der Waals surface area contributed by atoms with Crippen molar-refractivity contribution in [1.29, 1.82) is 0 Å². The number of nitrogens with one attached hydrogen (secondary N) is 1. The van der Waals surface area contributed by atoms with E-state index >= 15 is 0 Å². The van der Waals surface area contributed by atoms with Gasteiger partial charge in [-0.1, -0.05) is 5.21 Å². The number of methoxy groups -OCH3 is 1. The fourth-order valence-corrected chi connectivity index (χ4v) is 1.77. The third-order valence-electron chi connectivity index (χ3n) is 2.73. The van der Waals surface area contributed by atoms with E-state index in [0.29, 0.717) is 12.1 Å². The molecule has 2 unspecified atom stereocenters. The van der Waals surface area contributed by atoms with Crippen LogP contribution in [-0.2, 0) is 11.3 Å². The highest BCUT2D eigenvalue weighted by atomic mass is 16.5. The molecule has 5 nitrogen and oxygen atoms in total. The molecule has 0 radical (unpaired) electrons. The van der Waals surface area contributed by atoms with Gasteiger partial charge in [-0.3, -0.25) is 0 Å². The van der Waals surface area contributed by atoms with Crippen LogP contribution in [0.15, 0.2) is 6.20 Å². The molecule has 1 aliphatic carbocycles. The first-order valence-electron chi connectivity index (χ1n) is 4.93. The van der Waals surface area contributed by atoms with Crippen LogP contribution in [0, 0.1) is 0 Å². The summed E-state index contributed by atoms with van der Waals surface area (Å²) in [5.41, 5.74) is 0.981. The van der Waals surface area contributed by atoms with Crippen LogP contribution in [0.2, 0.25) is 0 Å². The van der Waals surface area contributed by atoms with Crippen LogP contribution in [0.4, 0.5) is 0 Å². The number of nitrogens with zero attached hydrogens (tertiary/aromatic N) is 3. The highest BCUT2D eigenvalue weighted by molar-refractivity contribution is 4.96. The lowest BCUT2D eigenvalue weighted by Crippen LogP contribution is -2.35. The number of rotatable bonds is 4. The highest BCUT2D eigenvalue weighted by Crippen LogP contribution is 2.33. The molecule has 1 aliphatic rings. The lowest BCUT2D eigenvalue weighted by molar-refractivity contribution is -0.0145. The van der Waals surface area contributed by atoms with Crippen LogP contribution in [-0.4, -0.2) is 35.3 Å². The molecule has 0 spiro atoms. The molecule has 0 aliphatic heterocycles. The van der Waals surface area contributed by atoms with Gasteiger partial charge in [-0.25, -0.2) is 4.68 Å². The lowest BCUT2D eigenvalue weighted by Gasteiger charge is -2.34. The van der Waals surface area contributed by atoms with Gasteiger partial charge < -0.3 is 10.1 Å². The van der Waals surface area contributed by atoms with E-state index in [1.807, 2.05) is 17.9 Å². The molecule has 2 rings (SSSR count). The Morgan fingerprint density at radius 2 is 2.50 bits per heavy atom. The average molecular weight is 196 g/mol. The Balaban J connectivity index is 2.02. The third-order valence-corrected chi connectivity index (χ3v) is 2.73. The molecule has 1 heterocycles. The molecule has 1 N–H and O–H groups in total. The first-order valence-corrected chi connectivity index (χ1v) is 4.93. The Labute approximate surface area is 83.4 Å². The van der Waals surface area contributed by atoms with Crippen LogP contribution in [0.3, 0.4) is 0 Å². The first-order chi connectivity index (χ1) is 6.85. The van der Waals surface area contributed by atoms with E-state index in [9.17, 15) is 0 Å². The van der Waals surface area contributed by atoms with Crippen molar-refractivity contribution in [3.05, 3.63) is 11.9 Å². The molecular formula is C9H16N4O. The van der Waals surface area contributed by atoms with Gasteiger partial charge in [0.05, 0.1) is 24.0 Å². The molecule has 0 aromatic carbocycles. The summed E-state index contributed by atoms with van der Waals surface area (Å²) in [6.45, 7) is 0.768. The van der Waals surface area contributed by atoms with E-state index in [0.717, 1.165) is 25.1 Å². The van der Waals surface area contributed by atoms with Gasteiger partial charge in [0, 0.05) is 13.7 Å². The van der Waals surface area contributed by atoms with Crippen molar-refractivity contribution in [1.82, 2.24) is 20.3 Å². The molecule has 0 amide bonds. The second-order valence-corrected chi connectivity index (χ2v) is 3.64. The molecule has 1 fully saturated rings. The summed E-state index contributed by atoms with van der Waals surface area (Å²) in [7, 11) is 3.66. The molecule has 14 heavy (non-hydrogen) atoms. The van der Waals surface area contributed by atoms with Crippen molar-refractivity contribution in [2.45, 2.75) is 31.5 Å². The molecule has 78 valence electrons. The summed E-state index contributed by atoms with van der Waals surface area (Å²) in [5.74, 6) is 0. The Bertz CT molecular complexity index is 297. The predicted octanol–water partition coefficient (Wildman–Crippen LogP) is 0.347. The summed E-state index contributed by atoms with van der Waals surface area (Å²) < 4.78 is 7.24. The minimum Gasteiger partial charge on any atom is -0.379 e. The second-order valence-electron chi connectivity index (χ2n) is 3.64. The van der Waals surface area contributed by atoms with E-state index in [1.165, 1.54) is 0 Å². The summed E-state index contributed by atoms with van der Waals surface area (Å²) in [5, 5.41) is 11.2. The van der Waals surface area contributed by atoms with E-state index in [-0.39, 0.29) is 0 Å². The predicted molar refractivity (Wildman–Crippen MR) is 51.9 cm³/mol. The van der Waals surface area contributed by atoms with Crippen LogP contribution in [0.1, 0.15) is 24.6 Å². The zero-order chi connectivity index (χ0) is 9.97. The second kappa shape index (κ2) is 4.06. The molecule has 1 aromatic heterocycles. The fourth-order valence-electron chi connectivity index (χ4n) is 1.77. The molecule has 0 bridgehead atoms. The van der Waals surface area contributed by atoms with Crippen LogP contribution < -0.4 is 5.32 Å². The summed E-state index contributed by atoms with van der Waals surface area (Å²) in [4.78, 5) is 0. The van der Waals surface area contributed by atoms with Gasteiger partial charge in [0.15, 0.2) is 0 Å². The Kier molecular flexibility index (Phi) is 2.79. The van der Waals surface area contributed by atoms with E-state index in [4.69, 9.17) is 4.74 Å². The molecular weight excluding hydrogens is 180 g/mol. The van der Waals surface area contributed by atoms with E-state index in [2.05, 4.69) is 15.6 Å². The van der Waals surface area contributed by atoms with Gasteiger partial charge in [0.1, 0.15) is 0 Å². The van der Waals surface area contributed by atoms with Gasteiger partial charge in [0.2, 0.25) is 0 Å². The molecule has 0 saturated heterocycles. The standard InChI is InChI=1S/C9H16N4O/c1-10-5-7-6-13(12-11-7)8-3-4-9(8)14-2/h6,8-10H,3-5H2,1-2H3. The number of aromatic nitrogens is 3. The van der Waals surface area contributed by atoms with Crippen molar-refractivity contribution in [2.75, 3.05) is 14.2 Å². The maximum absolute atomic E-state index is 5.32. The van der Waals surface area contributed by atoms with Crippen LogP contribution in [0.5, 0.6) is 0 Å². The Morgan fingerprint density at radius 1 is 1.64 bits per heavy atom. The number of ether oxygens (including phenoxy) is 1. The fraction of sp³-hybridized carbons (Fsp3) is 0.778. The smallest absolute Gasteiger partial charge is 0.0964 e. The molecule has 1 saturated carbocycles. The maximum Gasteiger partial charge on any atom is 0.0964 e. The summed E-state index contributed by atoms with van der Waals surface area (Å²) in [6, 6.07) is 0.387. The highest BCUT2D eigenvalue weighted by Gasteiger charge is 2.33. The third kappa shape index (κ3) is 1.65. The molecule has 2 atom stereocenters. The zero-order valence-electron chi connectivity index (χ0n) is 8.60. The Morgan fingerprint density at radius 3 is 3.07 bits per heavy atom. The van der Waals surface area contributed by atoms with Gasteiger partial charge in [-0.2, -0.15) is 0 Å². The van der Waals surface area contributed by atoms with Crippen LogP contribution in [0.25, 0.3) is 0 Å². The van der Waals surface area contributed by atoms with Gasteiger partial charge >= 0.3 is 0 Å². The summed E-state index contributed by atoms with van der Waals surface area (Å²) >= 11 is 0.